The van der Waals surface area contributed by atoms with Gasteiger partial charge in [-0.25, -0.2) is 8.78 Å². The van der Waals surface area contributed by atoms with Crippen LogP contribution in [0.3, 0.4) is 0 Å². The van der Waals surface area contributed by atoms with Gasteiger partial charge in [0.2, 0.25) is 5.91 Å². The van der Waals surface area contributed by atoms with Gasteiger partial charge in [0.05, 0.1) is 6.42 Å². The van der Waals surface area contributed by atoms with Crippen molar-refractivity contribution in [2.45, 2.75) is 32.1 Å². The molecule has 0 unspecified atom stereocenters. The summed E-state index contributed by atoms with van der Waals surface area (Å²) in [6.45, 7) is 0.701. The van der Waals surface area contributed by atoms with E-state index in [4.69, 9.17) is 5.11 Å². The molecule has 0 aliphatic carbocycles. The van der Waals surface area contributed by atoms with E-state index in [1.165, 1.54) is 12.1 Å². The molecule has 0 aliphatic heterocycles. The standard InChI is InChI=1S/C14H19F2NO2/c15-12-7-5-6-11(14(12)16)10-13(19)17-8-3-1-2-4-9-18/h5-7,18H,1-4,8-10H2,(H,17,19). The second kappa shape index (κ2) is 8.58. The second-order valence-corrected chi connectivity index (χ2v) is 4.38. The van der Waals surface area contributed by atoms with Crippen molar-refractivity contribution in [3.63, 3.8) is 0 Å². The average Bonchev–Trinajstić information content (AvgIpc) is 2.39. The molecule has 0 aliphatic rings. The van der Waals surface area contributed by atoms with Crippen molar-refractivity contribution in [3.8, 4) is 0 Å². The van der Waals surface area contributed by atoms with Crippen molar-refractivity contribution in [2.75, 3.05) is 13.2 Å². The lowest BCUT2D eigenvalue weighted by molar-refractivity contribution is -0.120. The van der Waals surface area contributed by atoms with E-state index < -0.39 is 11.6 Å². The molecule has 1 aromatic carbocycles. The fourth-order valence-electron chi connectivity index (χ4n) is 1.74. The van der Waals surface area contributed by atoms with Gasteiger partial charge >= 0.3 is 0 Å². The number of amides is 1. The Kier molecular flexibility index (Phi) is 7.03. The second-order valence-electron chi connectivity index (χ2n) is 4.38. The quantitative estimate of drug-likeness (QED) is 0.712. The molecule has 0 fully saturated rings. The van der Waals surface area contributed by atoms with Gasteiger partial charge in [-0.2, -0.15) is 0 Å². The van der Waals surface area contributed by atoms with Gasteiger partial charge in [0, 0.05) is 18.7 Å². The Labute approximate surface area is 111 Å². The highest BCUT2D eigenvalue weighted by Gasteiger charge is 2.10. The zero-order valence-corrected chi connectivity index (χ0v) is 10.8. The van der Waals surface area contributed by atoms with Gasteiger partial charge < -0.3 is 10.4 Å². The maximum atomic E-state index is 13.3. The fourth-order valence-corrected chi connectivity index (χ4v) is 1.74. The van der Waals surface area contributed by atoms with Crippen LogP contribution in [0.2, 0.25) is 0 Å². The molecule has 0 saturated carbocycles. The molecule has 1 amide bonds. The zero-order valence-electron chi connectivity index (χ0n) is 10.8. The minimum absolute atomic E-state index is 0.0674. The van der Waals surface area contributed by atoms with Crippen LogP contribution in [0.15, 0.2) is 18.2 Å². The van der Waals surface area contributed by atoms with Gasteiger partial charge in [0.15, 0.2) is 11.6 Å². The highest BCUT2D eigenvalue weighted by Crippen LogP contribution is 2.11. The Balaban J connectivity index is 2.26. The van der Waals surface area contributed by atoms with E-state index in [0.29, 0.717) is 6.54 Å². The Hall–Kier alpha value is -1.49. The summed E-state index contributed by atoms with van der Waals surface area (Å²) in [6.07, 6.45) is 3.28. The van der Waals surface area contributed by atoms with Crippen molar-refractivity contribution in [1.29, 1.82) is 0 Å². The number of halogens is 2. The van der Waals surface area contributed by atoms with Crippen LogP contribution in [-0.4, -0.2) is 24.2 Å². The van der Waals surface area contributed by atoms with Gasteiger partial charge in [-0.15, -0.1) is 0 Å². The number of aliphatic hydroxyl groups excluding tert-OH is 1. The van der Waals surface area contributed by atoms with Crippen LogP contribution in [0, 0.1) is 11.6 Å². The molecular weight excluding hydrogens is 252 g/mol. The lowest BCUT2D eigenvalue weighted by Gasteiger charge is -2.06. The molecule has 0 saturated heterocycles. The van der Waals surface area contributed by atoms with Crippen LogP contribution < -0.4 is 5.32 Å². The molecule has 0 bridgehead atoms. The Morgan fingerprint density at radius 3 is 2.63 bits per heavy atom. The Morgan fingerprint density at radius 2 is 1.89 bits per heavy atom. The summed E-state index contributed by atoms with van der Waals surface area (Å²) >= 11 is 0. The van der Waals surface area contributed by atoms with Gasteiger partial charge in [0.1, 0.15) is 0 Å². The van der Waals surface area contributed by atoms with Crippen molar-refractivity contribution in [1.82, 2.24) is 5.32 Å². The predicted octanol–water partition coefficient (Wildman–Crippen LogP) is 2.18. The molecule has 0 atom stereocenters. The fraction of sp³-hybridized carbons (Fsp3) is 0.500. The summed E-state index contributed by atoms with van der Waals surface area (Å²) in [5, 5.41) is 11.3. The highest BCUT2D eigenvalue weighted by atomic mass is 19.2. The van der Waals surface area contributed by atoms with Crippen molar-refractivity contribution >= 4 is 5.91 Å². The molecule has 19 heavy (non-hydrogen) atoms. The number of carbonyl (C=O) groups is 1. The summed E-state index contributed by atoms with van der Waals surface area (Å²) in [4.78, 5) is 11.5. The molecule has 3 nitrogen and oxygen atoms in total. The van der Waals surface area contributed by atoms with E-state index in [-0.39, 0.29) is 24.5 Å². The Morgan fingerprint density at radius 1 is 1.16 bits per heavy atom. The van der Waals surface area contributed by atoms with Gasteiger partial charge in [-0.1, -0.05) is 25.0 Å². The summed E-state index contributed by atoms with van der Waals surface area (Å²) in [6, 6.07) is 3.81. The third-order valence-corrected chi connectivity index (χ3v) is 2.79. The van der Waals surface area contributed by atoms with Crippen LogP contribution in [0.4, 0.5) is 8.78 Å². The summed E-state index contributed by atoms with van der Waals surface area (Å²) in [5.74, 6) is -2.21. The van der Waals surface area contributed by atoms with Crippen molar-refractivity contribution in [3.05, 3.63) is 35.4 Å². The maximum Gasteiger partial charge on any atom is 0.224 e. The topological polar surface area (TPSA) is 49.3 Å². The number of benzene rings is 1. The first-order valence-electron chi connectivity index (χ1n) is 6.45. The SMILES string of the molecule is O=C(Cc1cccc(F)c1F)NCCCCCCO. The number of carbonyl (C=O) groups excluding carboxylic acids is 1. The number of hydrogen-bond acceptors (Lipinski definition) is 2. The van der Waals surface area contributed by atoms with Crippen molar-refractivity contribution < 1.29 is 18.7 Å². The van der Waals surface area contributed by atoms with Crippen LogP contribution in [0.1, 0.15) is 31.2 Å². The van der Waals surface area contributed by atoms with E-state index >= 15 is 0 Å². The van der Waals surface area contributed by atoms with Crippen LogP contribution in [0.5, 0.6) is 0 Å². The van der Waals surface area contributed by atoms with E-state index in [9.17, 15) is 13.6 Å². The summed E-state index contributed by atoms with van der Waals surface area (Å²) in [5.41, 5.74) is 0.0674. The van der Waals surface area contributed by atoms with Crippen LogP contribution in [0.25, 0.3) is 0 Å². The number of rotatable bonds is 8. The number of aliphatic hydroxyl groups is 1. The first-order valence-corrected chi connectivity index (χ1v) is 6.45. The Bertz CT molecular complexity index is 410. The molecule has 0 radical (unpaired) electrons. The number of nitrogens with one attached hydrogen (secondary N) is 1. The first-order chi connectivity index (χ1) is 9.15. The van der Waals surface area contributed by atoms with E-state index in [1.54, 1.807) is 0 Å². The van der Waals surface area contributed by atoms with Gasteiger partial charge in [-0.3, -0.25) is 4.79 Å². The molecule has 1 aromatic rings. The van der Waals surface area contributed by atoms with Gasteiger partial charge in [0.25, 0.3) is 0 Å². The lowest BCUT2D eigenvalue weighted by atomic mass is 10.1. The molecule has 5 heteroatoms. The average molecular weight is 271 g/mol. The minimum atomic E-state index is -0.958. The largest absolute Gasteiger partial charge is 0.396 e. The monoisotopic (exact) mass is 271 g/mol. The number of unbranched alkanes of at least 4 members (excludes halogenated alkanes) is 3. The van der Waals surface area contributed by atoms with E-state index in [1.807, 2.05) is 0 Å². The first kappa shape index (κ1) is 15.6. The minimum Gasteiger partial charge on any atom is -0.396 e. The molecule has 2 N–H and O–H groups in total. The van der Waals surface area contributed by atoms with Crippen LogP contribution >= 0.6 is 0 Å². The molecule has 0 heterocycles. The molecule has 0 spiro atoms. The highest BCUT2D eigenvalue weighted by molar-refractivity contribution is 5.78. The third kappa shape index (κ3) is 5.79. The van der Waals surface area contributed by atoms with Crippen molar-refractivity contribution in [2.24, 2.45) is 0 Å². The molecular formula is C14H19F2NO2. The van der Waals surface area contributed by atoms with Gasteiger partial charge in [-0.05, 0) is 18.9 Å². The smallest absolute Gasteiger partial charge is 0.224 e. The molecule has 0 aromatic heterocycles. The van der Waals surface area contributed by atoms with E-state index in [0.717, 1.165) is 31.7 Å². The lowest BCUT2D eigenvalue weighted by Crippen LogP contribution is -2.26. The number of hydrogen-bond donors (Lipinski definition) is 2. The third-order valence-electron chi connectivity index (χ3n) is 2.79. The maximum absolute atomic E-state index is 13.3. The summed E-state index contributed by atoms with van der Waals surface area (Å²) < 4.78 is 26.2. The molecule has 106 valence electrons. The van der Waals surface area contributed by atoms with Crippen LogP contribution in [-0.2, 0) is 11.2 Å². The normalized spacial score (nSPS) is 10.5. The molecule has 1 rings (SSSR count). The summed E-state index contributed by atoms with van der Waals surface area (Å²) in [7, 11) is 0. The predicted molar refractivity (Wildman–Crippen MR) is 68.6 cm³/mol. The zero-order chi connectivity index (χ0) is 14.1. The van der Waals surface area contributed by atoms with E-state index in [2.05, 4.69) is 5.32 Å².